The summed E-state index contributed by atoms with van der Waals surface area (Å²) in [7, 11) is 0. The van der Waals surface area contributed by atoms with E-state index in [4.69, 9.17) is 0 Å². The first-order chi connectivity index (χ1) is 9.20. The lowest BCUT2D eigenvalue weighted by atomic mass is 9.78. The van der Waals surface area contributed by atoms with E-state index in [1.165, 1.54) is 32.1 Å². The van der Waals surface area contributed by atoms with Crippen molar-refractivity contribution < 1.29 is 0 Å². The maximum atomic E-state index is 4.60. The van der Waals surface area contributed by atoms with Crippen molar-refractivity contribution in [1.29, 1.82) is 0 Å². The van der Waals surface area contributed by atoms with Crippen LogP contribution in [0.4, 0.5) is 0 Å². The maximum absolute atomic E-state index is 4.60. The van der Waals surface area contributed by atoms with Crippen molar-refractivity contribution in [2.45, 2.75) is 58.9 Å². The molecule has 1 atom stereocenters. The Morgan fingerprint density at radius 1 is 1.21 bits per heavy atom. The van der Waals surface area contributed by atoms with Crippen molar-refractivity contribution in [3.63, 3.8) is 0 Å². The average Bonchev–Trinajstić information content (AvgIpc) is 2.43. The molecule has 0 aliphatic heterocycles. The lowest BCUT2D eigenvalue weighted by Gasteiger charge is -2.33. The molecule has 106 valence electrons. The molecule has 2 rings (SSSR count). The molecule has 1 fully saturated rings. The van der Waals surface area contributed by atoms with Gasteiger partial charge in [-0.25, -0.2) is 0 Å². The van der Waals surface area contributed by atoms with Gasteiger partial charge in [-0.05, 0) is 44.6 Å². The largest absolute Gasteiger partial charge is 0.308 e. The summed E-state index contributed by atoms with van der Waals surface area (Å²) in [6, 6.07) is 0.389. The van der Waals surface area contributed by atoms with Crippen LogP contribution in [0, 0.1) is 18.8 Å². The summed E-state index contributed by atoms with van der Waals surface area (Å²) in [6.07, 6.45) is 10.4. The van der Waals surface area contributed by atoms with Crippen LogP contribution >= 0.6 is 0 Å². The van der Waals surface area contributed by atoms with Crippen LogP contribution in [-0.2, 0) is 0 Å². The van der Waals surface area contributed by atoms with Gasteiger partial charge in [-0.1, -0.05) is 26.7 Å². The molecule has 0 radical (unpaired) electrons. The predicted octanol–water partition coefficient (Wildman–Crippen LogP) is 3.65. The molecule has 0 amide bonds. The smallest absolute Gasteiger partial charge is 0.0759 e. The van der Waals surface area contributed by atoms with Gasteiger partial charge in [-0.3, -0.25) is 9.97 Å². The normalized spacial score (nSPS) is 25.2. The van der Waals surface area contributed by atoms with Crippen molar-refractivity contribution in [3.8, 4) is 0 Å². The Balaban J connectivity index is 2.08. The van der Waals surface area contributed by atoms with E-state index in [2.05, 4.69) is 29.1 Å². The fourth-order valence-corrected chi connectivity index (χ4v) is 2.99. The van der Waals surface area contributed by atoms with E-state index in [0.717, 1.165) is 29.8 Å². The van der Waals surface area contributed by atoms with Gasteiger partial charge in [-0.15, -0.1) is 0 Å². The number of nitrogens with zero attached hydrogens (tertiary/aromatic N) is 2. The molecule has 1 aliphatic rings. The summed E-state index contributed by atoms with van der Waals surface area (Å²) < 4.78 is 0. The van der Waals surface area contributed by atoms with E-state index >= 15 is 0 Å². The fraction of sp³-hybridized carbons (Fsp3) is 0.750. The third-order valence-corrected chi connectivity index (χ3v) is 4.27. The van der Waals surface area contributed by atoms with E-state index in [0.29, 0.717) is 6.04 Å². The second-order valence-corrected chi connectivity index (χ2v) is 6.03. The first kappa shape index (κ1) is 14.4. The van der Waals surface area contributed by atoms with Gasteiger partial charge >= 0.3 is 0 Å². The summed E-state index contributed by atoms with van der Waals surface area (Å²) in [5, 5.41) is 3.69. The molecule has 0 saturated heterocycles. The van der Waals surface area contributed by atoms with E-state index in [1.807, 2.05) is 19.3 Å². The van der Waals surface area contributed by atoms with Gasteiger partial charge < -0.3 is 5.32 Å². The molecule has 1 N–H and O–H groups in total. The second-order valence-electron chi connectivity index (χ2n) is 6.03. The minimum absolute atomic E-state index is 0.389. The summed E-state index contributed by atoms with van der Waals surface area (Å²) in [6.45, 7) is 7.64. The number of rotatable bonds is 5. The minimum Gasteiger partial charge on any atom is -0.308 e. The first-order valence-electron chi connectivity index (χ1n) is 7.72. The topological polar surface area (TPSA) is 37.8 Å². The Hall–Kier alpha value is -0.960. The average molecular weight is 261 g/mol. The highest BCUT2D eigenvalue weighted by molar-refractivity contribution is 5.08. The van der Waals surface area contributed by atoms with Crippen LogP contribution in [0.3, 0.4) is 0 Å². The Morgan fingerprint density at radius 3 is 2.53 bits per heavy atom. The minimum atomic E-state index is 0.389. The van der Waals surface area contributed by atoms with Gasteiger partial charge in [-0.2, -0.15) is 0 Å². The lowest BCUT2D eigenvalue weighted by molar-refractivity contribution is 0.228. The van der Waals surface area contributed by atoms with Crippen LogP contribution in [0.25, 0.3) is 0 Å². The zero-order chi connectivity index (χ0) is 13.7. The number of nitrogens with one attached hydrogen (secondary N) is 1. The monoisotopic (exact) mass is 261 g/mol. The molecule has 0 bridgehead atoms. The first-order valence-corrected chi connectivity index (χ1v) is 7.72. The SMILES string of the molecule is CCCNC(c1cnc(C)cn1)C1CCC(C)CC1. The second kappa shape index (κ2) is 6.99. The molecule has 1 unspecified atom stereocenters. The highest BCUT2D eigenvalue weighted by Crippen LogP contribution is 2.36. The summed E-state index contributed by atoms with van der Waals surface area (Å²) in [5.41, 5.74) is 2.12. The molecule has 1 aliphatic carbocycles. The standard InChI is InChI=1S/C16H27N3/c1-4-9-17-16(14-7-5-12(2)6-8-14)15-11-18-13(3)10-19-15/h10-12,14,16-17H,4-9H2,1-3H3. The molecule has 19 heavy (non-hydrogen) atoms. The summed E-state index contributed by atoms with van der Waals surface area (Å²) in [5.74, 6) is 1.62. The third kappa shape index (κ3) is 4.00. The maximum Gasteiger partial charge on any atom is 0.0759 e. The van der Waals surface area contributed by atoms with Crippen LogP contribution in [0.15, 0.2) is 12.4 Å². The Bertz CT molecular complexity index is 366. The van der Waals surface area contributed by atoms with E-state index in [9.17, 15) is 0 Å². The molecular weight excluding hydrogens is 234 g/mol. The zero-order valence-electron chi connectivity index (χ0n) is 12.5. The van der Waals surface area contributed by atoms with Crippen LogP contribution in [0.1, 0.15) is 63.4 Å². The van der Waals surface area contributed by atoms with Crippen LogP contribution < -0.4 is 5.32 Å². The molecule has 1 heterocycles. The van der Waals surface area contributed by atoms with E-state index in [-0.39, 0.29) is 0 Å². The quantitative estimate of drug-likeness (QED) is 0.879. The van der Waals surface area contributed by atoms with Crippen LogP contribution in [0.5, 0.6) is 0 Å². The molecule has 3 heteroatoms. The number of hydrogen-bond acceptors (Lipinski definition) is 3. The number of aryl methyl sites for hydroxylation is 1. The zero-order valence-corrected chi connectivity index (χ0v) is 12.5. The Labute approximate surface area is 117 Å². The lowest BCUT2D eigenvalue weighted by Crippen LogP contribution is -2.32. The van der Waals surface area contributed by atoms with Gasteiger partial charge in [0.2, 0.25) is 0 Å². The van der Waals surface area contributed by atoms with Crippen molar-refractivity contribution in [2.75, 3.05) is 6.54 Å². The molecule has 0 spiro atoms. The number of aromatic nitrogens is 2. The van der Waals surface area contributed by atoms with Gasteiger partial charge in [0, 0.05) is 6.20 Å². The van der Waals surface area contributed by atoms with Crippen molar-refractivity contribution in [3.05, 3.63) is 23.8 Å². The summed E-state index contributed by atoms with van der Waals surface area (Å²) in [4.78, 5) is 9.02. The van der Waals surface area contributed by atoms with Gasteiger partial charge in [0.05, 0.1) is 23.6 Å². The highest BCUT2D eigenvalue weighted by atomic mass is 15.0. The van der Waals surface area contributed by atoms with E-state index < -0.39 is 0 Å². The molecule has 3 nitrogen and oxygen atoms in total. The predicted molar refractivity (Wildman–Crippen MR) is 78.9 cm³/mol. The van der Waals surface area contributed by atoms with Gasteiger partial charge in [0.1, 0.15) is 0 Å². The van der Waals surface area contributed by atoms with Gasteiger partial charge in [0.25, 0.3) is 0 Å². The van der Waals surface area contributed by atoms with Crippen molar-refractivity contribution >= 4 is 0 Å². The van der Waals surface area contributed by atoms with Crippen LogP contribution in [-0.4, -0.2) is 16.5 Å². The molecule has 1 saturated carbocycles. The van der Waals surface area contributed by atoms with Crippen LogP contribution in [0.2, 0.25) is 0 Å². The third-order valence-electron chi connectivity index (χ3n) is 4.27. The highest BCUT2D eigenvalue weighted by Gasteiger charge is 2.27. The van der Waals surface area contributed by atoms with E-state index in [1.54, 1.807) is 0 Å². The fourth-order valence-electron chi connectivity index (χ4n) is 2.99. The van der Waals surface area contributed by atoms with Gasteiger partial charge in [0.15, 0.2) is 0 Å². The number of hydrogen-bond donors (Lipinski definition) is 1. The molecule has 1 aromatic heterocycles. The Kier molecular flexibility index (Phi) is 5.32. The van der Waals surface area contributed by atoms with Crippen molar-refractivity contribution in [1.82, 2.24) is 15.3 Å². The summed E-state index contributed by atoms with van der Waals surface area (Å²) >= 11 is 0. The molecule has 1 aromatic rings. The van der Waals surface area contributed by atoms with Crippen molar-refractivity contribution in [2.24, 2.45) is 11.8 Å². The molecular formula is C16H27N3. The molecule has 0 aromatic carbocycles. The Morgan fingerprint density at radius 2 is 1.95 bits per heavy atom.